The van der Waals surface area contributed by atoms with Crippen LogP contribution in [0.3, 0.4) is 0 Å². The van der Waals surface area contributed by atoms with Crippen LogP contribution >= 0.6 is 11.3 Å². The van der Waals surface area contributed by atoms with Crippen LogP contribution in [0.15, 0.2) is 52.2 Å². The molecule has 2 aromatic carbocycles. The molecule has 3 aromatic rings. The van der Waals surface area contributed by atoms with Crippen LogP contribution in [0.5, 0.6) is 0 Å². The van der Waals surface area contributed by atoms with E-state index in [1.54, 1.807) is 25.2 Å². The zero-order valence-electron chi connectivity index (χ0n) is 12.5. The van der Waals surface area contributed by atoms with Gasteiger partial charge in [0.05, 0.1) is 26.4 Å². The van der Waals surface area contributed by atoms with Crippen LogP contribution in [-0.2, 0) is 17.1 Å². The van der Waals surface area contributed by atoms with Crippen LogP contribution in [0.2, 0.25) is 0 Å². The Bertz CT molecular complexity index is 1110. The number of thiazole rings is 1. The standard InChI is InChI=1S/C15H13N3O4S2/c1-18-12-7-6-9(8-13(12)23-15(18)20)24(21,22)17-11-5-3-2-4-10(11)14(16)19/h2-8,17H,1H3,(H2,16,19). The monoisotopic (exact) mass is 363 g/mol. The van der Waals surface area contributed by atoms with E-state index in [1.165, 1.54) is 28.8 Å². The van der Waals surface area contributed by atoms with Crippen LogP contribution in [0.4, 0.5) is 5.69 Å². The largest absolute Gasteiger partial charge is 0.366 e. The summed E-state index contributed by atoms with van der Waals surface area (Å²) in [5.74, 6) is -0.731. The molecule has 0 aliphatic rings. The average Bonchev–Trinajstić information content (AvgIpc) is 2.81. The number of hydrogen-bond donors (Lipinski definition) is 2. The maximum Gasteiger partial charge on any atom is 0.307 e. The topological polar surface area (TPSA) is 111 Å². The lowest BCUT2D eigenvalue weighted by atomic mass is 10.2. The number of fused-ring (bicyclic) bond motifs is 1. The Labute approximate surface area is 141 Å². The van der Waals surface area contributed by atoms with Crippen LogP contribution in [0, 0.1) is 0 Å². The molecule has 124 valence electrons. The molecule has 0 radical (unpaired) electrons. The number of anilines is 1. The van der Waals surface area contributed by atoms with Gasteiger partial charge in [-0.1, -0.05) is 23.5 Å². The van der Waals surface area contributed by atoms with E-state index in [0.29, 0.717) is 10.2 Å². The summed E-state index contributed by atoms with van der Waals surface area (Å²) in [6, 6.07) is 10.5. The van der Waals surface area contributed by atoms with Crippen LogP contribution in [0.1, 0.15) is 10.4 Å². The highest BCUT2D eigenvalue weighted by Crippen LogP contribution is 2.24. The van der Waals surface area contributed by atoms with Gasteiger partial charge in [-0.05, 0) is 30.3 Å². The summed E-state index contributed by atoms with van der Waals surface area (Å²) in [5, 5.41) is 0. The van der Waals surface area contributed by atoms with E-state index in [2.05, 4.69) is 4.72 Å². The molecule has 0 saturated heterocycles. The highest BCUT2D eigenvalue weighted by Gasteiger charge is 2.19. The van der Waals surface area contributed by atoms with Crippen LogP contribution < -0.4 is 15.3 Å². The number of rotatable bonds is 4. The predicted octanol–water partition coefficient (Wildman–Crippen LogP) is 1.50. The maximum absolute atomic E-state index is 12.6. The Morgan fingerprint density at radius 2 is 1.92 bits per heavy atom. The van der Waals surface area contributed by atoms with Gasteiger partial charge in [-0.3, -0.25) is 14.3 Å². The molecule has 3 rings (SSSR count). The van der Waals surface area contributed by atoms with Crippen molar-refractivity contribution in [2.45, 2.75) is 4.90 Å². The number of nitrogens with one attached hydrogen (secondary N) is 1. The number of nitrogens with zero attached hydrogens (tertiary/aromatic N) is 1. The number of nitrogens with two attached hydrogens (primary N) is 1. The number of benzene rings is 2. The van der Waals surface area contributed by atoms with Gasteiger partial charge in [-0.2, -0.15) is 0 Å². The third-order valence-corrected chi connectivity index (χ3v) is 5.87. The zero-order valence-corrected chi connectivity index (χ0v) is 14.1. The average molecular weight is 363 g/mol. The first-order valence-electron chi connectivity index (χ1n) is 6.81. The van der Waals surface area contributed by atoms with Crippen molar-refractivity contribution in [1.29, 1.82) is 0 Å². The van der Waals surface area contributed by atoms with Crippen LogP contribution in [-0.4, -0.2) is 18.9 Å². The molecule has 0 spiro atoms. The number of amides is 1. The number of carbonyl (C=O) groups excluding carboxylic acids is 1. The summed E-state index contributed by atoms with van der Waals surface area (Å²) in [4.78, 5) is 22.9. The lowest BCUT2D eigenvalue weighted by Gasteiger charge is -2.11. The summed E-state index contributed by atoms with van der Waals surface area (Å²) in [5.41, 5.74) is 6.09. The Morgan fingerprint density at radius 1 is 1.21 bits per heavy atom. The van der Waals surface area contributed by atoms with Crippen molar-refractivity contribution < 1.29 is 13.2 Å². The van der Waals surface area contributed by atoms with Gasteiger partial charge < -0.3 is 10.3 Å². The molecule has 1 aromatic heterocycles. The number of carbonyl (C=O) groups is 1. The molecule has 0 saturated carbocycles. The van der Waals surface area contributed by atoms with E-state index < -0.39 is 15.9 Å². The second-order valence-corrected chi connectivity index (χ2v) is 7.75. The summed E-state index contributed by atoms with van der Waals surface area (Å²) < 4.78 is 29.5. The molecule has 0 fully saturated rings. The second-order valence-electron chi connectivity index (χ2n) is 5.07. The molecule has 0 aliphatic heterocycles. The number of aromatic nitrogens is 1. The molecule has 1 amide bonds. The molecule has 0 atom stereocenters. The van der Waals surface area contributed by atoms with E-state index in [4.69, 9.17) is 5.73 Å². The number of aryl methyl sites for hydroxylation is 1. The fourth-order valence-corrected chi connectivity index (χ4v) is 4.37. The maximum atomic E-state index is 12.6. The van der Waals surface area contributed by atoms with Crippen molar-refractivity contribution in [1.82, 2.24) is 4.57 Å². The van der Waals surface area contributed by atoms with Crippen molar-refractivity contribution in [2.24, 2.45) is 12.8 Å². The van der Waals surface area contributed by atoms with Crippen molar-refractivity contribution in [2.75, 3.05) is 4.72 Å². The number of sulfonamides is 1. The third kappa shape index (κ3) is 2.79. The van der Waals surface area contributed by atoms with Gasteiger partial charge in [0, 0.05) is 7.05 Å². The molecule has 0 unspecified atom stereocenters. The molecule has 3 N–H and O–H groups in total. The van der Waals surface area contributed by atoms with Crippen molar-refractivity contribution in [3.8, 4) is 0 Å². The molecule has 9 heteroatoms. The van der Waals surface area contributed by atoms with Gasteiger partial charge in [0.15, 0.2) is 0 Å². The highest BCUT2D eigenvalue weighted by molar-refractivity contribution is 7.92. The van der Waals surface area contributed by atoms with Gasteiger partial charge in [-0.15, -0.1) is 0 Å². The zero-order chi connectivity index (χ0) is 17.5. The van der Waals surface area contributed by atoms with E-state index in [9.17, 15) is 18.0 Å². The van der Waals surface area contributed by atoms with Gasteiger partial charge in [-0.25, -0.2) is 8.42 Å². The molecular weight excluding hydrogens is 350 g/mol. The molecule has 0 aliphatic carbocycles. The van der Waals surface area contributed by atoms with E-state index in [-0.39, 0.29) is 21.0 Å². The third-order valence-electron chi connectivity index (χ3n) is 3.51. The fraction of sp³-hybridized carbons (Fsp3) is 0.0667. The molecule has 0 bridgehead atoms. The quantitative estimate of drug-likeness (QED) is 0.731. The Kier molecular flexibility index (Phi) is 3.90. The normalized spacial score (nSPS) is 11.5. The lowest BCUT2D eigenvalue weighted by molar-refractivity contribution is 0.100. The molecular formula is C15H13N3O4S2. The minimum atomic E-state index is -3.93. The molecule has 1 heterocycles. The smallest absolute Gasteiger partial charge is 0.307 e. The minimum Gasteiger partial charge on any atom is -0.366 e. The van der Waals surface area contributed by atoms with Gasteiger partial charge in [0.2, 0.25) is 0 Å². The molecule has 7 nitrogen and oxygen atoms in total. The molecule has 24 heavy (non-hydrogen) atoms. The number of hydrogen-bond acceptors (Lipinski definition) is 5. The van der Waals surface area contributed by atoms with Crippen LogP contribution in [0.25, 0.3) is 10.2 Å². The van der Waals surface area contributed by atoms with Crippen molar-refractivity contribution in [3.63, 3.8) is 0 Å². The minimum absolute atomic E-state index is 0.00359. The van der Waals surface area contributed by atoms with E-state index >= 15 is 0 Å². The first-order valence-corrected chi connectivity index (χ1v) is 9.11. The van der Waals surface area contributed by atoms with E-state index in [0.717, 1.165) is 11.3 Å². The summed E-state index contributed by atoms with van der Waals surface area (Å²) in [6.07, 6.45) is 0. The lowest BCUT2D eigenvalue weighted by Crippen LogP contribution is -2.18. The number of primary amides is 1. The summed E-state index contributed by atoms with van der Waals surface area (Å²) in [7, 11) is -2.31. The van der Waals surface area contributed by atoms with E-state index in [1.807, 2.05) is 0 Å². The number of para-hydroxylation sites is 1. The Hall–Kier alpha value is -2.65. The Morgan fingerprint density at radius 3 is 2.62 bits per heavy atom. The predicted molar refractivity (Wildman–Crippen MR) is 92.8 cm³/mol. The second kappa shape index (κ2) is 5.77. The summed E-state index contributed by atoms with van der Waals surface area (Å²) in [6.45, 7) is 0. The van der Waals surface area contributed by atoms with Gasteiger partial charge in [0.1, 0.15) is 0 Å². The first-order chi connectivity index (χ1) is 11.3. The van der Waals surface area contributed by atoms with Crippen molar-refractivity contribution >= 4 is 43.2 Å². The Balaban J connectivity index is 2.05. The summed E-state index contributed by atoms with van der Waals surface area (Å²) >= 11 is 0.964. The van der Waals surface area contributed by atoms with Gasteiger partial charge >= 0.3 is 4.87 Å². The SMILES string of the molecule is Cn1c(=O)sc2cc(S(=O)(=O)Nc3ccccc3C(N)=O)ccc21. The van der Waals surface area contributed by atoms with Crippen molar-refractivity contribution in [3.05, 3.63) is 57.7 Å². The first kappa shape index (κ1) is 16.2. The highest BCUT2D eigenvalue weighted by atomic mass is 32.2. The fourth-order valence-electron chi connectivity index (χ4n) is 2.27. The van der Waals surface area contributed by atoms with Gasteiger partial charge in [0.25, 0.3) is 15.9 Å².